The van der Waals surface area contributed by atoms with Gasteiger partial charge in [-0.2, -0.15) is 13.2 Å². The molecule has 0 aliphatic carbocycles. The number of hydrogen-bond donors (Lipinski definition) is 0. The van der Waals surface area contributed by atoms with Gasteiger partial charge in [0.2, 0.25) is 0 Å². The highest BCUT2D eigenvalue weighted by molar-refractivity contribution is 6.30. The van der Waals surface area contributed by atoms with Gasteiger partial charge in [-0.3, -0.25) is 0 Å². The van der Waals surface area contributed by atoms with Crippen molar-refractivity contribution in [2.45, 2.75) is 32.7 Å². The van der Waals surface area contributed by atoms with Gasteiger partial charge in [0.25, 0.3) is 0 Å². The van der Waals surface area contributed by atoms with Crippen molar-refractivity contribution < 1.29 is 13.2 Å². The second-order valence-corrected chi connectivity index (χ2v) is 4.25. The summed E-state index contributed by atoms with van der Waals surface area (Å²) >= 11 is 5.66. The van der Waals surface area contributed by atoms with Crippen molar-refractivity contribution in [3.05, 3.63) is 34.9 Å². The zero-order valence-corrected chi connectivity index (χ0v) is 9.81. The molecule has 0 bridgehead atoms. The molecule has 5 heteroatoms. The van der Waals surface area contributed by atoms with Crippen molar-refractivity contribution in [2.24, 2.45) is 0 Å². The molecule has 0 saturated carbocycles. The van der Waals surface area contributed by atoms with E-state index in [-0.39, 0.29) is 6.54 Å². The SMILES string of the molecule is CC(C)N(Cc1ccc(Cl)cc1)C(F)(F)F. The normalized spacial score (nSPS) is 12.5. The molecule has 1 aromatic rings. The molecular weight excluding hydrogens is 239 g/mol. The third kappa shape index (κ3) is 3.68. The fourth-order valence-electron chi connectivity index (χ4n) is 1.35. The highest BCUT2D eigenvalue weighted by atomic mass is 35.5. The van der Waals surface area contributed by atoms with Crippen LogP contribution in [-0.4, -0.2) is 17.2 Å². The van der Waals surface area contributed by atoms with Crippen LogP contribution in [-0.2, 0) is 6.54 Å². The van der Waals surface area contributed by atoms with Crippen LogP contribution in [0.5, 0.6) is 0 Å². The van der Waals surface area contributed by atoms with Gasteiger partial charge in [0, 0.05) is 17.6 Å². The van der Waals surface area contributed by atoms with Crippen LogP contribution in [0.15, 0.2) is 24.3 Å². The van der Waals surface area contributed by atoms with Crippen molar-refractivity contribution in [1.29, 1.82) is 0 Å². The molecule has 1 rings (SSSR count). The number of benzene rings is 1. The summed E-state index contributed by atoms with van der Waals surface area (Å²) in [6.45, 7) is 2.88. The maximum Gasteiger partial charge on any atom is 0.460 e. The Morgan fingerprint density at radius 1 is 1.19 bits per heavy atom. The summed E-state index contributed by atoms with van der Waals surface area (Å²) in [7, 11) is 0. The standard InChI is InChI=1S/C11H13ClF3N/c1-8(2)16(11(13,14)15)7-9-3-5-10(12)6-4-9/h3-6,8H,7H2,1-2H3. The largest absolute Gasteiger partial charge is 0.460 e. The van der Waals surface area contributed by atoms with Gasteiger partial charge in [-0.1, -0.05) is 23.7 Å². The molecule has 1 nitrogen and oxygen atoms in total. The maximum atomic E-state index is 12.6. The van der Waals surface area contributed by atoms with Crippen molar-refractivity contribution >= 4 is 11.6 Å². The molecule has 0 atom stereocenters. The summed E-state index contributed by atoms with van der Waals surface area (Å²) in [5.74, 6) is 0. The molecule has 0 fully saturated rings. The summed E-state index contributed by atoms with van der Waals surface area (Å²) < 4.78 is 37.9. The molecule has 0 aliphatic heterocycles. The summed E-state index contributed by atoms with van der Waals surface area (Å²) in [5, 5.41) is 0.520. The lowest BCUT2D eigenvalue weighted by Gasteiger charge is -2.28. The van der Waals surface area contributed by atoms with E-state index in [0.717, 1.165) is 0 Å². The second kappa shape index (κ2) is 5.06. The maximum absolute atomic E-state index is 12.6. The van der Waals surface area contributed by atoms with Crippen LogP contribution in [0.4, 0.5) is 13.2 Å². The Bertz CT molecular complexity index is 332. The van der Waals surface area contributed by atoms with Gasteiger partial charge in [-0.05, 0) is 31.5 Å². The zero-order valence-electron chi connectivity index (χ0n) is 9.05. The number of halogens is 4. The highest BCUT2D eigenvalue weighted by Gasteiger charge is 2.38. The van der Waals surface area contributed by atoms with Crippen molar-refractivity contribution in [3.8, 4) is 0 Å². The number of alkyl halides is 3. The molecule has 0 unspecified atom stereocenters. The summed E-state index contributed by atoms with van der Waals surface area (Å²) in [6.07, 6.45) is -4.31. The van der Waals surface area contributed by atoms with Crippen LogP contribution < -0.4 is 0 Å². The molecule has 90 valence electrons. The van der Waals surface area contributed by atoms with Crippen LogP contribution in [0.25, 0.3) is 0 Å². The van der Waals surface area contributed by atoms with Gasteiger partial charge < -0.3 is 0 Å². The van der Waals surface area contributed by atoms with E-state index in [2.05, 4.69) is 0 Å². The van der Waals surface area contributed by atoms with Crippen LogP contribution in [0.3, 0.4) is 0 Å². The van der Waals surface area contributed by atoms with Crippen LogP contribution in [0.1, 0.15) is 19.4 Å². The first-order valence-corrected chi connectivity index (χ1v) is 5.26. The minimum Gasteiger partial charge on any atom is -0.208 e. The molecule has 0 aromatic heterocycles. The van der Waals surface area contributed by atoms with E-state index in [1.54, 1.807) is 24.3 Å². The summed E-state index contributed by atoms with van der Waals surface area (Å²) in [4.78, 5) is 0.482. The van der Waals surface area contributed by atoms with Gasteiger partial charge in [-0.25, -0.2) is 4.90 Å². The third-order valence-electron chi connectivity index (χ3n) is 2.22. The number of nitrogens with zero attached hydrogens (tertiary/aromatic N) is 1. The van der Waals surface area contributed by atoms with Gasteiger partial charge >= 0.3 is 6.30 Å². The van der Waals surface area contributed by atoms with Gasteiger partial charge in [0.1, 0.15) is 0 Å². The quantitative estimate of drug-likeness (QED) is 0.732. The molecule has 0 radical (unpaired) electrons. The smallest absolute Gasteiger partial charge is 0.208 e. The van der Waals surface area contributed by atoms with Gasteiger partial charge in [0.15, 0.2) is 0 Å². The zero-order chi connectivity index (χ0) is 12.3. The van der Waals surface area contributed by atoms with Crippen molar-refractivity contribution in [2.75, 3.05) is 0 Å². The molecule has 16 heavy (non-hydrogen) atoms. The lowest BCUT2D eigenvalue weighted by atomic mass is 10.2. The van der Waals surface area contributed by atoms with Crippen LogP contribution >= 0.6 is 11.6 Å². The molecule has 0 heterocycles. The highest BCUT2D eigenvalue weighted by Crippen LogP contribution is 2.26. The summed E-state index contributed by atoms with van der Waals surface area (Å²) in [5.41, 5.74) is 0.593. The van der Waals surface area contributed by atoms with E-state index < -0.39 is 12.3 Å². The second-order valence-electron chi connectivity index (χ2n) is 3.82. The lowest BCUT2D eigenvalue weighted by molar-refractivity contribution is -0.259. The molecule has 1 aromatic carbocycles. The van der Waals surface area contributed by atoms with Gasteiger partial charge in [0.05, 0.1) is 0 Å². The predicted molar refractivity (Wildman–Crippen MR) is 58.2 cm³/mol. The Morgan fingerprint density at radius 2 is 1.69 bits per heavy atom. The van der Waals surface area contributed by atoms with Crippen LogP contribution in [0.2, 0.25) is 5.02 Å². The van der Waals surface area contributed by atoms with E-state index in [1.807, 2.05) is 0 Å². The molecule has 0 saturated heterocycles. The van der Waals surface area contributed by atoms with E-state index in [4.69, 9.17) is 11.6 Å². The average Bonchev–Trinajstić information content (AvgIpc) is 2.14. The van der Waals surface area contributed by atoms with Gasteiger partial charge in [-0.15, -0.1) is 0 Å². The first-order valence-electron chi connectivity index (χ1n) is 4.88. The first-order chi connectivity index (χ1) is 7.30. The van der Waals surface area contributed by atoms with E-state index in [0.29, 0.717) is 15.5 Å². The molecular formula is C11H13ClF3N. The Hall–Kier alpha value is -0.740. The Kier molecular flexibility index (Phi) is 4.21. The van der Waals surface area contributed by atoms with Crippen LogP contribution in [0, 0.1) is 0 Å². The third-order valence-corrected chi connectivity index (χ3v) is 2.47. The minimum atomic E-state index is -4.31. The first kappa shape index (κ1) is 13.3. The van der Waals surface area contributed by atoms with Crippen molar-refractivity contribution in [3.63, 3.8) is 0 Å². The number of rotatable bonds is 3. The minimum absolute atomic E-state index is 0.154. The predicted octanol–water partition coefficient (Wildman–Crippen LogP) is 4.07. The summed E-state index contributed by atoms with van der Waals surface area (Å²) in [6, 6.07) is 5.79. The lowest BCUT2D eigenvalue weighted by Crippen LogP contribution is -2.42. The van der Waals surface area contributed by atoms with Crippen molar-refractivity contribution in [1.82, 2.24) is 4.90 Å². The Morgan fingerprint density at radius 3 is 2.06 bits per heavy atom. The molecule has 0 aliphatic rings. The average molecular weight is 252 g/mol. The van der Waals surface area contributed by atoms with E-state index in [9.17, 15) is 13.2 Å². The molecule has 0 N–H and O–H groups in total. The monoisotopic (exact) mass is 251 g/mol. The molecule has 0 spiro atoms. The van der Waals surface area contributed by atoms with E-state index in [1.165, 1.54) is 13.8 Å². The Balaban J connectivity index is 2.80. The fourth-order valence-corrected chi connectivity index (χ4v) is 1.48. The Labute approximate surface area is 97.8 Å². The fraction of sp³-hybridized carbons (Fsp3) is 0.455. The number of hydrogen-bond acceptors (Lipinski definition) is 1. The molecule has 0 amide bonds. The topological polar surface area (TPSA) is 3.24 Å². The van der Waals surface area contributed by atoms with E-state index >= 15 is 0 Å².